The highest BCUT2D eigenvalue weighted by Crippen LogP contribution is 2.18. The predicted octanol–water partition coefficient (Wildman–Crippen LogP) is 2.70. The maximum absolute atomic E-state index is 4.69. The quantitative estimate of drug-likeness (QED) is 0.802. The average molecular weight is 248 g/mol. The van der Waals surface area contributed by atoms with Crippen molar-refractivity contribution in [3.63, 3.8) is 0 Å². The third kappa shape index (κ3) is 3.34. The minimum Gasteiger partial charge on any atom is -0.360 e. The normalized spacial score (nSPS) is 15.8. The van der Waals surface area contributed by atoms with Gasteiger partial charge in [0.1, 0.15) is 5.82 Å². The molecule has 1 aliphatic heterocycles. The highest BCUT2D eigenvalue weighted by Gasteiger charge is 2.14. The SMILES string of the molecule is CCCCN(C)c1ccnc(N2CCCCC2)n1. The molecule has 0 aliphatic carbocycles. The first kappa shape index (κ1) is 13.1. The van der Waals surface area contributed by atoms with Crippen LogP contribution in [0.4, 0.5) is 11.8 Å². The Morgan fingerprint density at radius 2 is 2.06 bits per heavy atom. The molecule has 0 saturated carbocycles. The number of piperidine rings is 1. The number of hydrogen-bond donors (Lipinski definition) is 0. The number of anilines is 2. The van der Waals surface area contributed by atoms with Crippen molar-refractivity contribution >= 4 is 11.8 Å². The molecule has 2 heterocycles. The number of rotatable bonds is 5. The molecule has 0 unspecified atom stereocenters. The molecule has 1 saturated heterocycles. The fourth-order valence-electron chi connectivity index (χ4n) is 2.31. The van der Waals surface area contributed by atoms with E-state index < -0.39 is 0 Å². The molecule has 0 amide bonds. The predicted molar refractivity (Wildman–Crippen MR) is 76.3 cm³/mol. The summed E-state index contributed by atoms with van der Waals surface area (Å²) >= 11 is 0. The van der Waals surface area contributed by atoms with Gasteiger partial charge in [0.05, 0.1) is 0 Å². The zero-order valence-corrected chi connectivity index (χ0v) is 11.6. The molecular weight excluding hydrogens is 224 g/mol. The molecule has 1 aliphatic rings. The first-order valence-corrected chi connectivity index (χ1v) is 7.10. The van der Waals surface area contributed by atoms with E-state index in [1.54, 1.807) is 0 Å². The van der Waals surface area contributed by atoms with E-state index in [2.05, 4.69) is 33.7 Å². The summed E-state index contributed by atoms with van der Waals surface area (Å²) in [6, 6.07) is 2.00. The topological polar surface area (TPSA) is 32.3 Å². The van der Waals surface area contributed by atoms with Crippen LogP contribution in [0.2, 0.25) is 0 Å². The van der Waals surface area contributed by atoms with Gasteiger partial charge >= 0.3 is 0 Å². The van der Waals surface area contributed by atoms with E-state index in [9.17, 15) is 0 Å². The molecule has 4 nitrogen and oxygen atoms in total. The van der Waals surface area contributed by atoms with Gasteiger partial charge in [0.2, 0.25) is 5.95 Å². The molecule has 1 fully saturated rings. The zero-order chi connectivity index (χ0) is 12.8. The van der Waals surface area contributed by atoms with Crippen molar-refractivity contribution in [2.45, 2.75) is 39.0 Å². The van der Waals surface area contributed by atoms with E-state index in [1.165, 1.54) is 32.1 Å². The maximum atomic E-state index is 4.69. The molecule has 1 aromatic rings. The molecule has 1 aromatic heterocycles. The van der Waals surface area contributed by atoms with E-state index in [0.29, 0.717) is 0 Å². The monoisotopic (exact) mass is 248 g/mol. The Kier molecular flexibility index (Phi) is 4.79. The lowest BCUT2D eigenvalue weighted by Crippen LogP contribution is -2.31. The number of nitrogens with zero attached hydrogens (tertiary/aromatic N) is 4. The van der Waals surface area contributed by atoms with E-state index in [0.717, 1.165) is 31.4 Å². The lowest BCUT2D eigenvalue weighted by Gasteiger charge is -2.27. The van der Waals surface area contributed by atoms with Gasteiger partial charge in [0.25, 0.3) is 0 Å². The van der Waals surface area contributed by atoms with Crippen LogP contribution in [0.15, 0.2) is 12.3 Å². The number of aromatic nitrogens is 2. The summed E-state index contributed by atoms with van der Waals surface area (Å²) in [5, 5.41) is 0. The van der Waals surface area contributed by atoms with Crippen LogP contribution in [0, 0.1) is 0 Å². The summed E-state index contributed by atoms with van der Waals surface area (Å²) < 4.78 is 0. The van der Waals surface area contributed by atoms with Crippen LogP contribution >= 0.6 is 0 Å². The van der Waals surface area contributed by atoms with Crippen LogP contribution in [0.5, 0.6) is 0 Å². The van der Waals surface area contributed by atoms with E-state index >= 15 is 0 Å². The minimum absolute atomic E-state index is 0.899. The minimum atomic E-state index is 0.899. The molecule has 0 atom stereocenters. The summed E-state index contributed by atoms with van der Waals surface area (Å²) in [5.74, 6) is 1.94. The smallest absolute Gasteiger partial charge is 0.227 e. The molecule has 2 rings (SSSR count). The Bertz CT molecular complexity index is 361. The second kappa shape index (κ2) is 6.57. The zero-order valence-electron chi connectivity index (χ0n) is 11.6. The van der Waals surface area contributed by atoms with E-state index in [-0.39, 0.29) is 0 Å². The van der Waals surface area contributed by atoms with Gasteiger partial charge in [-0.25, -0.2) is 4.98 Å². The largest absolute Gasteiger partial charge is 0.360 e. The molecule has 0 N–H and O–H groups in total. The van der Waals surface area contributed by atoms with Gasteiger partial charge in [-0.15, -0.1) is 0 Å². The van der Waals surface area contributed by atoms with Crippen molar-refractivity contribution in [2.75, 3.05) is 36.5 Å². The Balaban J connectivity index is 2.04. The molecule has 0 bridgehead atoms. The summed E-state index contributed by atoms with van der Waals surface area (Å²) in [7, 11) is 2.11. The molecule has 0 spiro atoms. The van der Waals surface area contributed by atoms with Gasteiger partial charge in [-0.3, -0.25) is 0 Å². The van der Waals surface area contributed by atoms with E-state index in [1.807, 2.05) is 12.3 Å². The van der Waals surface area contributed by atoms with Crippen LogP contribution in [-0.4, -0.2) is 36.6 Å². The Labute approximate surface area is 110 Å². The molecule has 0 aromatic carbocycles. The number of unbranched alkanes of at least 4 members (excludes halogenated alkanes) is 1. The average Bonchev–Trinajstić information content (AvgIpc) is 2.46. The van der Waals surface area contributed by atoms with Crippen molar-refractivity contribution in [2.24, 2.45) is 0 Å². The fourth-order valence-corrected chi connectivity index (χ4v) is 2.31. The first-order chi connectivity index (χ1) is 8.81. The summed E-state index contributed by atoms with van der Waals surface area (Å²) in [5.41, 5.74) is 0. The summed E-state index contributed by atoms with van der Waals surface area (Å²) in [6.07, 6.45) is 8.17. The van der Waals surface area contributed by atoms with Gasteiger partial charge in [-0.1, -0.05) is 13.3 Å². The third-order valence-electron chi connectivity index (χ3n) is 3.51. The lowest BCUT2D eigenvalue weighted by atomic mass is 10.1. The van der Waals surface area contributed by atoms with Crippen LogP contribution in [-0.2, 0) is 0 Å². The number of hydrogen-bond acceptors (Lipinski definition) is 4. The lowest BCUT2D eigenvalue weighted by molar-refractivity contribution is 0.568. The van der Waals surface area contributed by atoms with Crippen molar-refractivity contribution in [3.05, 3.63) is 12.3 Å². The molecule has 4 heteroatoms. The first-order valence-electron chi connectivity index (χ1n) is 7.10. The van der Waals surface area contributed by atoms with Gasteiger partial charge < -0.3 is 9.80 Å². The Morgan fingerprint density at radius 3 is 2.78 bits per heavy atom. The van der Waals surface area contributed by atoms with Crippen molar-refractivity contribution in [1.82, 2.24) is 9.97 Å². The highest BCUT2D eigenvalue weighted by atomic mass is 15.3. The molecule has 100 valence electrons. The molecule has 18 heavy (non-hydrogen) atoms. The molecule has 0 radical (unpaired) electrons. The van der Waals surface area contributed by atoms with Crippen LogP contribution in [0.1, 0.15) is 39.0 Å². The van der Waals surface area contributed by atoms with Crippen molar-refractivity contribution in [3.8, 4) is 0 Å². The highest BCUT2D eigenvalue weighted by molar-refractivity contribution is 5.43. The standard InChI is InChI=1S/C14H24N4/c1-3-4-10-17(2)13-8-9-15-14(16-13)18-11-6-5-7-12-18/h8-9H,3-7,10-12H2,1-2H3. The summed E-state index contributed by atoms with van der Waals surface area (Å²) in [4.78, 5) is 13.6. The summed E-state index contributed by atoms with van der Waals surface area (Å²) in [6.45, 7) is 5.48. The molecular formula is C14H24N4. The van der Waals surface area contributed by atoms with Gasteiger partial charge in [0, 0.05) is 32.9 Å². The van der Waals surface area contributed by atoms with Gasteiger partial charge in [0.15, 0.2) is 0 Å². The second-order valence-corrected chi connectivity index (χ2v) is 5.04. The van der Waals surface area contributed by atoms with Crippen molar-refractivity contribution < 1.29 is 0 Å². The second-order valence-electron chi connectivity index (χ2n) is 5.04. The Hall–Kier alpha value is -1.32. The van der Waals surface area contributed by atoms with Crippen LogP contribution in [0.25, 0.3) is 0 Å². The van der Waals surface area contributed by atoms with Gasteiger partial charge in [-0.2, -0.15) is 4.98 Å². The van der Waals surface area contributed by atoms with Gasteiger partial charge in [-0.05, 0) is 31.7 Å². The van der Waals surface area contributed by atoms with E-state index in [4.69, 9.17) is 0 Å². The van der Waals surface area contributed by atoms with Crippen LogP contribution < -0.4 is 9.80 Å². The van der Waals surface area contributed by atoms with Crippen LogP contribution in [0.3, 0.4) is 0 Å². The third-order valence-corrected chi connectivity index (χ3v) is 3.51. The van der Waals surface area contributed by atoms with Crippen molar-refractivity contribution in [1.29, 1.82) is 0 Å². The Morgan fingerprint density at radius 1 is 1.28 bits per heavy atom. The maximum Gasteiger partial charge on any atom is 0.227 e. The fraction of sp³-hybridized carbons (Fsp3) is 0.714.